The normalized spacial score (nSPS) is 19.8. The molecule has 1 rings (SSSR count). The van der Waals surface area contributed by atoms with Crippen molar-refractivity contribution in [3.63, 3.8) is 0 Å². The first-order valence-electron chi connectivity index (χ1n) is 4.06. The minimum absolute atomic E-state index is 0.151. The van der Waals surface area contributed by atoms with Gasteiger partial charge in [0.15, 0.2) is 0 Å². The Balaban J connectivity index is 2.36. The maximum Gasteiger partial charge on any atom is 0.333 e. The molecule has 1 saturated heterocycles. The molecule has 1 aliphatic heterocycles. The van der Waals surface area contributed by atoms with Gasteiger partial charge in [0.1, 0.15) is 5.78 Å². The first-order valence-corrected chi connectivity index (χ1v) is 4.06. The molecule has 3 nitrogen and oxygen atoms in total. The molecule has 66 valence electrons. The van der Waals surface area contributed by atoms with Crippen molar-refractivity contribution >= 4 is 11.8 Å². The van der Waals surface area contributed by atoms with E-state index in [2.05, 4.69) is 0 Å². The number of ether oxygens (including phenoxy) is 1. The van der Waals surface area contributed by atoms with Crippen LogP contribution in [0.4, 0.5) is 0 Å². The van der Waals surface area contributed by atoms with Crippen LogP contribution in [-0.2, 0) is 14.3 Å². The zero-order valence-corrected chi connectivity index (χ0v) is 7.13. The van der Waals surface area contributed by atoms with Gasteiger partial charge in [-0.05, 0) is 13.3 Å². The van der Waals surface area contributed by atoms with E-state index >= 15 is 0 Å². The lowest BCUT2D eigenvalue weighted by molar-refractivity contribution is -0.135. The summed E-state index contributed by atoms with van der Waals surface area (Å²) in [6.07, 6.45) is 3.66. The van der Waals surface area contributed by atoms with Gasteiger partial charge in [-0.3, -0.25) is 0 Å². The van der Waals surface area contributed by atoms with E-state index in [9.17, 15) is 9.59 Å². The maximum atomic E-state index is 10.9. The number of Topliss-reactive ketones (excluding diaryl/α,β-unsaturated/α-hetero) is 1. The van der Waals surface area contributed by atoms with Crippen LogP contribution in [-0.4, -0.2) is 18.4 Å². The Hall–Kier alpha value is -1.12. The van der Waals surface area contributed by atoms with Crippen molar-refractivity contribution in [3.05, 3.63) is 11.6 Å². The summed E-state index contributed by atoms with van der Waals surface area (Å²) >= 11 is 0. The Labute approximate surface area is 71.4 Å². The molecule has 0 amide bonds. The van der Waals surface area contributed by atoms with Crippen LogP contribution in [0.25, 0.3) is 0 Å². The minimum atomic E-state index is -0.224. The van der Waals surface area contributed by atoms with E-state index in [0.29, 0.717) is 25.9 Å². The number of ketones is 1. The van der Waals surface area contributed by atoms with Gasteiger partial charge in [-0.15, -0.1) is 0 Å². The van der Waals surface area contributed by atoms with E-state index in [0.717, 1.165) is 5.57 Å². The SMILES string of the molecule is CC(=O)CC/C=C1/CCOC1=O. The number of allylic oxidation sites excluding steroid dienone is 1. The number of carbonyl (C=O) groups excluding carboxylic acids is 2. The van der Waals surface area contributed by atoms with Gasteiger partial charge in [0.05, 0.1) is 6.61 Å². The van der Waals surface area contributed by atoms with Gasteiger partial charge >= 0.3 is 5.97 Å². The Kier molecular flexibility index (Phi) is 3.02. The van der Waals surface area contributed by atoms with Crippen molar-refractivity contribution in [1.29, 1.82) is 0 Å². The van der Waals surface area contributed by atoms with E-state index in [1.807, 2.05) is 0 Å². The van der Waals surface area contributed by atoms with Crippen molar-refractivity contribution in [2.24, 2.45) is 0 Å². The third kappa shape index (κ3) is 2.49. The molecule has 1 aliphatic rings. The summed E-state index contributed by atoms with van der Waals surface area (Å²) in [6.45, 7) is 2.04. The molecule has 0 aromatic heterocycles. The zero-order valence-electron chi connectivity index (χ0n) is 7.13. The third-order valence-electron chi connectivity index (χ3n) is 1.75. The summed E-state index contributed by atoms with van der Waals surface area (Å²) in [7, 11) is 0. The molecule has 0 saturated carbocycles. The van der Waals surface area contributed by atoms with Gasteiger partial charge in [-0.1, -0.05) is 6.08 Å². The van der Waals surface area contributed by atoms with Gasteiger partial charge in [-0.25, -0.2) is 4.79 Å². The molecule has 0 radical (unpaired) electrons. The van der Waals surface area contributed by atoms with Crippen LogP contribution < -0.4 is 0 Å². The van der Waals surface area contributed by atoms with Crippen molar-refractivity contribution < 1.29 is 14.3 Å². The largest absolute Gasteiger partial charge is 0.462 e. The van der Waals surface area contributed by atoms with Crippen LogP contribution in [0.3, 0.4) is 0 Å². The molecule has 0 bridgehead atoms. The predicted molar refractivity (Wildman–Crippen MR) is 43.6 cm³/mol. The molecule has 0 spiro atoms. The van der Waals surface area contributed by atoms with E-state index in [4.69, 9.17) is 4.74 Å². The van der Waals surface area contributed by atoms with E-state index < -0.39 is 0 Å². The maximum absolute atomic E-state index is 10.9. The Bertz CT molecular complexity index is 228. The number of rotatable bonds is 3. The molecule has 0 unspecified atom stereocenters. The van der Waals surface area contributed by atoms with Gasteiger partial charge in [0, 0.05) is 18.4 Å². The molecule has 0 aromatic carbocycles. The lowest BCUT2D eigenvalue weighted by atomic mass is 10.1. The molecule has 0 atom stereocenters. The molecule has 1 fully saturated rings. The fourth-order valence-corrected chi connectivity index (χ4v) is 1.08. The second-order valence-corrected chi connectivity index (χ2v) is 2.86. The van der Waals surface area contributed by atoms with E-state index in [-0.39, 0.29) is 11.8 Å². The highest BCUT2D eigenvalue weighted by molar-refractivity contribution is 5.90. The number of hydrogen-bond donors (Lipinski definition) is 0. The third-order valence-corrected chi connectivity index (χ3v) is 1.75. The van der Waals surface area contributed by atoms with Crippen molar-refractivity contribution in [1.82, 2.24) is 0 Å². The number of esters is 1. The fraction of sp³-hybridized carbons (Fsp3) is 0.556. The van der Waals surface area contributed by atoms with Crippen LogP contribution >= 0.6 is 0 Å². The highest BCUT2D eigenvalue weighted by Crippen LogP contribution is 2.13. The standard InChI is InChI=1S/C9H12O3/c1-7(10)3-2-4-8-5-6-12-9(8)11/h4H,2-3,5-6H2,1H3/b8-4-. The average molecular weight is 168 g/mol. The molecule has 1 heterocycles. The summed E-state index contributed by atoms with van der Waals surface area (Å²) in [5.41, 5.74) is 0.719. The zero-order chi connectivity index (χ0) is 8.97. The Morgan fingerprint density at radius 3 is 2.92 bits per heavy atom. The van der Waals surface area contributed by atoms with Crippen molar-refractivity contribution in [2.45, 2.75) is 26.2 Å². The molecule has 0 aliphatic carbocycles. The van der Waals surface area contributed by atoms with Gasteiger partial charge in [-0.2, -0.15) is 0 Å². The van der Waals surface area contributed by atoms with Crippen molar-refractivity contribution in [3.8, 4) is 0 Å². The van der Waals surface area contributed by atoms with Crippen molar-refractivity contribution in [2.75, 3.05) is 6.61 Å². The summed E-state index contributed by atoms with van der Waals surface area (Å²) in [5.74, 6) is -0.0724. The summed E-state index contributed by atoms with van der Waals surface area (Å²) in [4.78, 5) is 21.4. The first kappa shape index (κ1) is 8.97. The van der Waals surface area contributed by atoms with Crippen LogP contribution in [0.15, 0.2) is 11.6 Å². The van der Waals surface area contributed by atoms with E-state index in [1.54, 1.807) is 13.0 Å². The average Bonchev–Trinajstić information content (AvgIpc) is 2.36. The fourth-order valence-electron chi connectivity index (χ4n) is 1.08. The summed E-state index contributed by atoms with van der Waals surface area (Å²) in [5, 5.41) is 0. The van der Waals surface area contributed by atoms with Crippen LogP contribution in [0, 0.1) is 0 Å². The van der Waals surface area contributed by atoms with Crippen LogP contribution in [0.2, 0.25) is 0 Å². The summed E-state index contributed by atoms with van der Waals surface area (Å²) < 4.78 is 4.73. The highest BCUT2D eigenvalue weighted by Gasteiger charge is 2.17. The topological polar surface area (TPSA) is 43.4 Å². The van der Waals surface area contributed by atoms with Crippen LogP contribution in [0.1, 0.15) is 26.2 Å². The minimum Gasteiger partial charge on any atom is -0.462 e. The number of carbonyl (C=O) groups is 2. The number of hydrogen-bond acceptors (Lipinski definition) is 3. The summed E-state index contributed by atoms with van der Waals surface area (Å²) in [6, 6.07) is 0. The molecular formula is C9H12O3. The molecule has 3 heteroatoms. The Morgan fingerprint density at radius 1 is 1.67 bits per heavy atom. The second-order valence-electron chi connectivity index (χ2n) is 2.86. The van der Waals surface area contributed by atoms with Gasteiger partial charge in [0.2, 0.25) is 0 Å². The predicted octanol–water partition coefficient (Wildman–Crippen LogP) is 1.23. The van der Waals surface area contributed by atoms with Gasteiger partial charge in [0.25, 0.3) is 0 Å². The van der Waals surface area contributed by atoms with Gasteiger partial charge < -0.3 is 9.53 Å². The smallest absolute Gasteiger partial charge is 0.333 e. The van der Waals surface area contributed by atoms with Crippen LogP contribution in [0.5, 0.6) is 0 Å². The molecule has 12 heavy (non-hydrogen) atoms. The highest BCUT2D eigenvalue weighted by atomic mass is 16.5. The molecular weight excluding hydrogens is 156 g/mol. The molecule has 0 aromatic rings. The Morgan fingerprint density at radius 2 is 2.42 bits per heavy atom. The first-order chi connectivity index (χ1) is 5.70. The van der Waals surface area contributed by atoms with E-state index in [1.165, 1.54) is 0 Å². The lowest BCUT2D eigenvalue weighted by Crippen LogP contribution is -1.95. The number of cyclic esters (lactones) is 1. The lowest BCUT2D eigenvalue weighted by Gasteiger charge is -1.91. The molecule has 0 N–H and O–H groups in total. The monoisotopic (exact) mass is 168 g/mol. The second kappa shape index (κ2) is 4.04. The quantitative estimate of drug-likeness (QED) is 0.470.